The number of fused-ring (bicyclic) bond motifs is 1. The molecule has 0 saturated carbocycles. The van der Waals surface area contributed by atoms with Crippen LogP contribution in [0, 0.1) is 10.1 Å². The summed E-state index contributed by atoms with van der Waals surface area (Å²) in [6, 6.07) is 3.43. The van der Waals surface area contributed by atoms with Gasteiger partial charge in [0.25, 0.3) is 0 Å². The third kappa shape index (κ3) is 3.66. The van der Waals surface area contributed by atoms with Gasteiger partial charge >= 0.3 is 5.69 Å². The number of nitrogens with zero attached hydrogens (tertiary/aromatic N) is 2. The normalized spacial score (nSPS) is 14.0. The molecule has 1 heterocycles. The van der Waals surface area contributed by atoms with E-state index in [4.69, 9.17) is 4.74 Å². The Balaban J connectivity index is 2.22. The molecule has 8 heteroatoms. The van der Waals surface area contributed by atoms with Gasteiger partial charge in [-0.05, 0) is 19.1 Å². The largest absolute Gasteiger partial charge is 0.388 e. The third-order valence-corrected chi connectivity index (χ3v) is 3.96. The van der Waals surface area contributed by atoms with Crippen LogP contribution in [0.15, 0.2) is 17.6 Å². The summed E-state index contributed by atoms with van der Waals surface area (Å²) in [5.74, 6) is 0. The highest BCUT2D eigenvalue weighted by Gasteiger charge is 2.24. The van der Waals surface area contributed by atoms with Crippen LogP contribution in [0.5, 0.6) is 0 Å². The van der Waals surface area contributed by atoms with E-state index in [0.717, 1.165) is 4.70 Å². The maximum absolute atomic E-state index is 11.3. The van der Waals surface area contributed by atoms with Gasteiger partial charge in [0.05, 0.1) is 20.7 Å². The molecule has 0 bridgehead atoms. The summed E-state index contributed by atoms with van der Waals surface area (Å²) < 4.78 is 5.70. The van der Waals surface area contributed by atoms with E-state index in [-0.39, 0.29) is 12.2 Å². The number of rotatable bonds is 7. The molecule has 21 heavy (non-hydrogen) atoms. The number of nitrogens with one attached hydrogen (secondary N) is 1. The summed E-state index contributed by atoms with van der Waals surface area (Å²) in [6.07, 6.45) is 0.434. The van der Waals surface area contributed by atoms with Crippen LogP contribution in [0.2, 0.25) is 0 Å². The van der Waals surface area contributed by atoms with E-state index in [9.17, 15) is 15.2 Å². The Hall–Kier alpha value is -1.77. The Morgan fingerprint density at radius 3 is 3.00 bits per heavy atom. The van der Waals surface area contributed by atoms with E-state index in [0.29, 0.717) is 24.2 Å². The van der Waals surface area contributed by atoms with E-state index < -0.39 is 10.5 Å². The highest BCUT2D eigenvalue weighted by molar-refractivity contribution is 7.16. The smallest absolute Gasteiger partial charge is 0.319 e. The average Bonchev–Trinajstić information content (AvgIpc) is 2.90. The summed E-state index contributed by atoms with van der Waals surface area (Å²) in [7, 11) is 1.56. The topological polar surface area (TPSA) is 97.5 Å². The zero-order valence-corrected chi connectivity index (χ0v) is 12.6. The first-order valence-electron chi connectivity index (χ1n) is 6.40. The lowest BCUT2D eigenvalue weighted by Crippen LogP contribution is -2.34. The van der Waals surface area contributed by atoms with Crippen molar-refractivity contribution in [2.24, 2.45) is 0 Å². The van der Waals surface area contributed by atoms with Crippen LogP contribution in [0.4, 0.5) is 11.4 Å². The lowest BCUT2D eigenvalue weighted by molar-refractivity contribution is -0.382. The van der Waals surface area contributed by atoms with Crippen LogP contribution in [-0.2, 0) is 4.74 Å². The Morgan fingerprint density at radius 1 is 1.57 bits per heavy atom. The molecule has 1 aromatic carbocycles. The number of benzene rings is 1. The fraction of sp³-hybridized carbons (Fsp3) is 0.462. The number of aromatic nitrogens is 1. The van der Waals surface area contributed by atoms with Gasteiger partial charge in [0.15, 0.2) is 5.52 Å². The summed E-state index contributed by atoms with van der Waals surface area (Å²) in [4.78, 5) is 14.9. The number of aliphatic hydroxyl groups is 1. The number of hydrogen-bond donors (Lipinski definition) is 2. The molecular formula is C13H17N3O4S. The Morgan fingerprint density at radius 2 is 2.33 bits per heavy atom. The van der Waals surface area contributed by atoms with E-state index in [1.54, 1.807) is 31.7 Å². The van der Waals surface area contributed by atoms with Crippen LogP contribution < -0.4 is 5.32 Å². The van der Waals surface area contributed by atoms with Gasteiger partial charge in [-0.2, -0.15) is 0 Å². The summed E-state index contributed by atoms with van der Waals surface area (Å²) >= 11 is 1.35. The third-order valence-electron chi connectivity index (χ3n) is 3.16. The minimum absolute atomic E-state index is 0.0590. The number of methoxy groups -OCH3 is 1. The monoisotopic (exact) mass is 311 g/mol. The second kappa shape index (κ2) is 6.33. The van der Waals surface area contributed by atoms with Gasteiger partial charge < -0.3 is 15.2 Å². The zero-order valence-electron chi connectivity index (χ0n) is 11.8. The van der Waals surface area contributed by atoms with E-state index >= 15 is 0 Å². The first kappa shape index (κ1) is 15.6. The Labute approximate surface area is 125 Å². The molecule has 2 aromatic rings. The Kier molecular flexibility index (Phi) is 4.71. The second-order valence-corrected chi connectivity index (χ2v) is 5.90. The lowest BCUT2D eigenvalue weighted by atomic mass is 10.0. The van der Waals surface area contributed by atoms with Crippen molar-refractivity contribution in [2.75, 3.05) is 25.6 Å². The molecule has 1 unspecified atom stereocenters. The lowest BCUT2D eigenvalue weighted by Gasteiger charge is -2.23. The minimum atomic E-state index is -1.01. The van der Waals surface area contributed by atoms with Gasteiger partial charge in [-0.1, -0.05) is 0 Å². The van der Waals surface area contributed by atoms with Crippen molar-refractivity contribution in [3.05, 3.63) is 27.8 Å². The van der Waals surface area contributed by atoms with E-state index in [1.165, 1.54) is 11.3 Å². The molecule has 7 nitrogen and oxygen atoms in total. The first-order valence-corrected chi connectivity index (χ1v) is 7.28. The fourth-order valence-corrected chi connectivity index (χ4v) is 2.62. The molecule has 0 saturated heterocycles. The van der Waals surface area contributed by atoms with Crippen LogP contribution in [-0.4, -0.2) is 40.9 Å². The molecule has 0 amide bonds. The molecule has 0 fully saturated rings. The average molecular weight is 311 g/mol. The molecular weight excluding hydrogens is 294 g/mol. The quantitative estimate of drug-likeness (QED) is 0.602. The molecule has 0 aliphatic carbocycles. The van der Waals surface area contributed by atoms with E-state index in [2.05, 4.69) is 10.3 Å². The molecule has 0 spiro atoms. The van der Waals surface area contributed by atoms with Crippen molar-refractivity contribution in [2.45, 2.75) is 18.9 Å². The molecule has 2 rings (SSSR count). The van der Waals surface area contributed by atoms with Gasteiger partial charge in [0.2, 0.25) is 0 Å². The predicted molar refractivity (Wildman–Crippen MR) is 81.9 cm³/mol. The summed E-state index contributed by atoms with van der Waals surface area (Å²) in [6.45, 7) is 2.26. The molecule has 114 valence electrons. The summed E-state index contributed by atoms with van der Waals surface area (Å²) in [5, 5.41) is 24.4. The molecule has 1 aromatic heterocycles. The van der Waals surface area contributed by atoms with Crippen LogP contribution in [0.1, 0.15) is 13.3 Å². The standard InChI is InChI=1S/C13H17N3O4S/c1-13(17,5-6-20-2)7-14-9-3-4-10-11(15-8-21-10)12(9)16(18)19/h3-4,8,14,17H,5-7H2,1-2H3. The van der Waals surface area contributed by atoms with Crippen molar-refractivity contribution >= 4 is 32.9 Å². The highest BCUT2D eigenvalue weighted by Crippen LogP contribution is 2.34. The van der Waals surface area contributed by atoms with Crippen molar-refractivity contribution < 1.29 is 14.8 Å². The van der Waals surface area contributed by atoms with Crippen LogP contribution in [0.3, 0.4) is 0 Å². The van der Waals surface area contributed by atoms with E-state index in [1.807, 2.05) is 0 Å². The van der Waals surface area contributed by atoms with Gasteiger partial charge in [-0.3, -0.25) is 10.1 Å². The molecule has 1 atom stereocenters. The van der Waals surface area contributed by atoms with Crippen LogP contribution >= 0.6 is 11.3 Å². The van der Waals surface area contributed by atoms with Crippen molar-refractivity contribution in [3.63, 3.8) is 0 Å². The zero-order chi connectivity index (χ0) is 15.5. The van der Waals surface area contributed by atoms with Crippen molar-refractivity contribution in [3.8, 4) is 0 Å². The highest BCUT2D eigenvalue weighted by atomic mass is 32.1. The van der Waals surface area contributed by atoms with Gasteiger partial charge in [-0.25, -0.2) is 4.98 Å². The van der Waals surface area contributed by atoms with Crippen molar-refractivity contribution in [1.82, 2.24) is 4.98 Å². The number of hydrogen-bond acceptors (Lipinski definition) is 7. The molecule has 2 N–H and O–H groups in total. The number of anilines is 1. The first-order chi connectivity index (χ1) is 9.94. The molecule has 0 aliphatic rings. The maximum atomic E-state index is 11.3. The molecule has 0 aliphatic heterocycles. The fourth-order valence-electron chi connectivity index (χ4n) is 1.94. The summed E-state index contributed by atoms with van der Waals surface area (Å²) in [5.41, 5.74) is 1.23. The second-order valence-electron chi connectivity index (χ2n) is 5.01. The maximum Gasteiger partial charge on any atom is 0.319 e. The van der Waals surface area contributed by atoms with Gasteiger partial charge in [0.1, 0.15) is 5.69 Å². The predicted octanol–water partition coefficient (Wildman–Crippen LogP) is 2.40. The number of ether oxygens (including phenoxy) is 1. The number of nitro benzene ring substituents is 1. The van der Waals surface area contributed by atoms with Gasteiger partial charge in [0, 0.05) is 26.7 Å². The van der Waals surface area contributed by atoms with Crippen molar-refractivity contribution in [1.29, 1.82) is 0 Å². The minimum Gasteiger partial charge on any atom is -0.388 e. The SMILES string of the molecule is COCCC(C)(O)CNc1ccc2scnc2c1[N+](=O)[O-]. The Bertz CT molecular complexity index is 641. The van der Waals surface area contributed by atoms with Gasteiger partial charge in [-0.15, -0.1) is 11.3 Å². The van der Waals surface area contributed by atoms with Crippen LogP contribution in [0.25, 0.3) is 10.2 Å². The number of nitro groups is 1. The molecule has 0 radical (unpaired) electrons. The number of thiazole rings is 1.